The van der Waals surface area contributed by atoms with Crippen molar-refractivity contribution in [2.75, 3.05) is 13.6 Å². The van der Waals surface area contributed by atoms with E-state index in [9.17, 15) is 4.79 Å². The number of likely N-dealkylation sites (tertiary alicyclic amines) is 2. The SMILES string of the molecule is CC[C@@H]1N(Cc2nccs2)CCC[C@@]12CCC(=O)N2C. The van der Waals surface area contributed by atoms with Crippen LogP contribution in [0.25, 0.3) is 0 Å². The molecule has 0 unspecified atom stereocenters. The lowest BCUT2D eigenvalue weighted by Gasteiger charge is -2.51. The number of amides is 1. The highest BCUT2D eigenvalue weighted by Crippen LogP contribution is 2.42. The van der Waals surface area contributed by atoms with Crippen molar-refractivity contribution in [1.29, 1.82) is 0 Å². The summed E-state index contributed by atoms with van der Waals surface area (Å²) in [6.07, 6.45) is 7.06. The number of thiazole rings is 1. The predicted molar refractivity (Wildman–Crippen MR) is 80.6 cm³/mol. The minimum Gasteiger partial charge on any atom is -0.338 e. The summed E-state index contributed by atoms with van der Waals surface area (Å²) < 4.78 is 0. The summed E-state index contributed by atoms with van der Waals surface area (Å²) in [5, 5.41) is 3.23. The van der Waals surface area contributed by atoms with Crippen LogP contribution in [0.4, 0.5) is 0 Å². The second-order valence-electron chi connectivity index (χ2n) is 5.98. The van der Waals surface area contributed by atoms with Gasteiger partial charge in [0.1, 0.15) is 5.01 Å². The Morgan fingerprint density at radius 1 is 1.50 bits per heavy atom. The third kappa shape index (κ3) is 2.17. The lowest BCUT2D eigenvalue weighted by Crippen LogP contribution is -2.61. The van der Waals surface area contributed by atoms with Crippen molar-refractivity contribution in [2.45, 2.75) is 57.2 Å². The van der Waals surface area contributed by atoms with Crippen LogP contribution in [0.3, 0.4) is 0 Å². The summed E-state index contributed by atoms with van der Waals surface area (Å²) >= 11 is 1.73. The number of nitrogens with zero attached hydrogens (tertiary/aromatic N) is 3. The molecule has 2 aliphatic rings. The highest BCUT2D eigenvalue weighted by atomic mass is 32.1. The Labute approximate surface area is 124 Å². The van der Waals surface area contributed by atoms with E-state index in [2.05, 4.69) is 21.7 Å². The van der Waals surface area contributed by atoms with Gasteiger partial charge < -0.3 is 4.90 Å². The largest absolute Gasteiger partial charge is 0.338 e. The molecule has 110 valence electrons. The van der Waals surface area contributed by atoms with Crippen molar-refractivity contribution in [2.24, 2.45) is 0 Å². The number of likely N-dealkylation sites (N-methyl/N-ethyl adjacent to an activating group) is 1. The van der Waals surface area contributed by atoms with Crippen molar-refractivity contribution in [1.82, 2.24) is 14.8 Å². The monoisotopic (exact) mass is 293 g/mol. The van der Waals surface area contributed by atoms with Crippen LogP contribution in [0, 0.1) is 0 Å². The first-order valence-corrected chi connectivity index (χ1v) is 8.44. The van der Waals surface area contributed by atoms with Crippen molar-refractivity contribution in [3.05, 3.63) is 16.6 Å². The van der Waals surface area contributed by atoms with Gasteiger partial charge >= 0.3 is 0 Å². The zero-order chi connectivity index (χ0) is 14.2. The molecule has 2 fully saturated rings. The molecule has 0 N–H and O–H groups in total. The molecule has 0 saturated carbocycles. The van der Waals surface area contributed by atoms with E-state index >= 15 is 0 Å². The fraction of sp³-hybridized carbons (Fsp3) is 0.733. The molecule has 1 aromatic heterocycles. The van der Waals surface area contributed by atoms with Gasteiger partial charge in [-0.15, -0.1) is 11.3 Å². The van der Waals surface area contributed by atoms with E-state index < -0.39 is 0 Å². The standard InChI is InChI=1S/C15H23N3OS/c1-3-12-15(7-5-14(19)17(15)2)6-4-9-18(12)11-13-16-8-10-20-13/h8,10,12H,3-7,9,11H2,1-2H3/t12-,15+/m0/s1. The van der Waals surface area contributed by atoms with Crippen LogP contribution < -0.4 is 0 Å². The second kappa shape index (κ2) is 5.45. The molecule has 5 heteroatoms. The molecule has 4 nitrogen and oxygen atoms in total. The molecule has 3 rings (SSSR count). The molecular formula is C15H23N3OS. The van der Waals surface area contributed by atoms with Gasteiger partial charge in [-0.3, -0.25) is 9.69 Å². The summed E-state index contributed by atoms with van der Waals surface area (Å²) in [5.74, 6) is 0.319. The molecule has 2 aliphatic heterocycles. The van der Waals surface area contributed by atoms with E-state index in [0.717, 1.165) is 38.8 Å². The summed E-state index contributed by atoms with van der Waals surface area (Å²) in [6, 6.07) is 0.469. The molecule has 1 aromatic rings. The lowest BCUT2D eigenvalue weighted by atomic mass is 9.77. The van der Waals surface area contributed by atoms with E-state index in [1.807, 2.05) is 18.6 Å². The Kier molecular flexibility index (Phi) is 3.82. The molecule has 2 saturated heterocycles. The zero-order valence-corrected chi connectivity index (χ0v) is 13.2. The van der Waals surface area contributed by atoms with Crippen LogP contribution >= 0.6 is 11.3 Å². The van der Waals surface area contributed by atoms with Crippen LogP contribution in [0.15, 0.2) is 11.6 Å². The maximum Gasteiger partial charge on any atom is 0.222 e. The smallest absolute Gasteiger partial charge is 0.222 e. The quantitative estimate of drug-likeness (QED) is 0.859. The fourth-order valence-corrected chi connectivity index (χ4v) is 4.81. The molecule has 20 heavy (non-hydrogen) atoms. The van der Waals surface area contributed by atoms with Crippen LogP contribution in [-0.2, 0) is 11.3 Å². The molecule has 1 spiro atoms. The third-order valence-corrected chi connectivity index (χ3v) is 5.90. The van der Waals surface area contributed by atoms with Crippen molar-refractivity contribution < 1.29 is 4.79 Å². The van der Waals surface area contributed by atoms with Crippen molar-refractivity contribution >= 4 is 17.2 Å². The van der Waals surface area contributed by atoms with Gasteiger partial charge in [-0.1, -0.05) is 6.92 Å². The van der Waals surface area contributed by atoms with Gasteiger partial charge in [0.05, 0.1) is 12.1 Å². The molecule has 3 heterocycles. The topological polar surface area (TPSA) is 36.4 Å². The van der Waals surface area contributed by atoms with Crippen molar-refractivity contribution in [3.8, 4) is 0 Å². The number of piperidine rings is 1. The molecule has 0 radical (unpaired) electrons. The summed E-state index contributed by atoms with van der Waals surface area (Å²) in [7, 11) is 2.00. The number of aromatic nitrogens is 1. The van der Waals surface area contributed by atoms with Crippen LogP contribution in [0.2, 0.25) is 0 Å². The van der Waals surface area contributed by atoms with Crippen LogP contribution in [0.1, 0.15) is 44.0 Å². The Morgan fingerprint density at radius 2 is 2.35 bits per heavy atom. The summed E-state index contributed by atoms with van der Waals surface area (Å²) in [4.78, 5) is 21.1. The van der Waals surface area contributed by atoms with Gasteiger partial charge in [-0.2, -0.15) is 0 Å². The van der Waals surface area contributed by atoms with Gasteiger partial charge in [0.2, 0.25) is 5.91 Å². The number of carbonyl (C=O) groups is 1. The minimum atomic E-state index is 0.0708. The first-order valence-electron chi connectivity index (χ1n) is 7.56. The molecule has 2 atom stereocenters. The van der Waals surface area contributed by atoms with E-state index in [1.165, 1.54) is 11.4 Å². The summed E-state index contributed by atoms with van der Waals surface area (Å²) in [5.41, 5.74) is 0.0708. The van der Waals surface area contributed by atoms with E-state index in [-0.39, 0.29) is 5.54 Å². The van der Waals surface area contributed by atoms with Crippen LogP contribution in [0.5, 0.6) is 0 Å². The van der Waals surface area contributed by atoms with Gasteiger partial charge in [0.15, 0.2) is 0 Å². The second-order valence-corrected chi connectivity index (χ2v) is 6.96. The minimum absolute atomic E-state index is 0.0708. The van der Waals surface area contributed by atoms with Crippen molar-refractivity contribution in [3.63, 3.8) is 0 Å². The number of hydrogen-bond acceptors (Lipinski definition) is 4. The predicted octanol–water partition coefficient (Wildman–Crippen LogP) is 2.51. The first-order chi connectivity index (χ1) is 9.67. The number of hydrogen-bond donors (Lipinski definition) is 0. The Balaban J connectivity index is 1.84. The average molecular weight is 293 g/mol. The average Bonchev–Trinajstić information content (AvgIpc) is 3.05. The molecule has 0 aromatic carbocycles. The highest BCUT2D eigenvalue weighted by Gasteiger charge is 2.51. The van der Waals surface area contributed by atoms with E-state index in [0.29, 0.717) is 11.9 Å². The zero-order valence-electron chi connectivity index (χ0n) is 12.3. The Morgan fingerprint density at radius 3 is 2.95 bits per heavy atom. The number of rotatable bonds is 3. The third-order valence-electron chi connectivity index (χ3n) is 5.14. The van der Waals surface area contributed by atoms with Gasteiger partial charge in [-0.05, 0) is 32.2 Å². The lowest BCUT2D eigenvalue weighted by molar-refractivity contribution is -0.133. The van der Waals surface area contributed by atoms with E-state index in [4.69, 9.17) is 0 Å². The molecular weight excluding hydrogens is 270 g/mol. The Bertz CT molecular complexity index is 475. The fourth-order valence-electron chi connectivity index (χ4n) is 4.17. The van der Waals surface area contributed by atoms with E-state index in [1.54, 1.807) is 11.3 Å². The normalized spacial score (nSPS) is 31.4. The summed E-state index contributed by atoms with van der Waals surface area (Å²) in [6.45, 7) is 4.31. The number of carbonyl (C=O) groups excluding carboxylic acids is 1. The molecule has 1 amide bonds. The van der Waals surface area contributed by atoms with Crippen LogP contribution in [-0.4, -0.2) is 45.9 Å². The molecule has 0 aliphatic carbocycles. The maximum atomic E-state index is 12.0. The van der Waals surface area contributed by atoms with Gasteiger partial charge in [0.25, 0.3) is 0 Å². The van der Waals surface area contributed by atoms with Gasteiger partial charge in [0, 0.05) is 31.1 Å². The molecule has 0 bridgehead atoms. The first kappa shape index (κ1) is 14.0. The highest BCUT2D eigenvalue weighted by molar-refractivity contribution is 7.09. The van der Waals surface area contributed by atoms with Gasteiger partial charge in [-0.25, -0.2) is 4.98 Å². The maximum absolute atomic E-state index is 12.0. The Hall–Kier alpha value is -0.940.